The number of Topliss-reactive ketones (excluding diaryl/α,β-unsaturated/α-hetero) is 1. The van der Waals surface area contributed by atoms with Gasteiger partial charge < -0.3 is 10.0 Å². The third-order valence-corrected chi connectivity index (χ3v) is 5.33. The second kappa shape index (κ2) is 7.43. The average Bonchev–Trinajstić information content (AvgIpc) is 2.92. The molecule has 29 heavy (non-hydrogen) atoms. The predicted octanol–water partition coefficient (Wildman–Crippen LogP) is 4.49. The second-order valence-electron chi connectivity index (χ2n) is 7.00. The van der Waals surface area contributed by atoms with Gasteiger partial charge in [-0.3, -0.25) is 9.59 Å². The molecular weight excluding hydrogens is 393 g/mol. The molecule has 0 unspecified atom stereocenters. The number of anilines is 1. The maximum absolute atomic E-state index is 13.2. The number of para-hydroxylation sites is 1. The van der Waals surface area contributed by atoms with Gasteiger partial charge in [-0.1, -0.05) is 41.9 Å². The molecule has 4 rings (SSSR count). The Kier molecular flexibility index (Phi) is 4.94. The van der Waals surface area contributed by atoms with Crippen molar-refractivity contribution < 1.29 is 19.1 Å². The maximum atomic E-state index is 13.2. The minimum absolute atomic E-state index is 0.160. The van der Waals surface area contributed by atoms with Gasteiger partial charge in [0.15, 0.2) is 11.4 Å². The van der Waals surface area contributed by atoms with Gasteiger partial charge in [0, 0.05) is 16.1 Å². The molecule has 0 spiro atoms. The fraction of sp³-hybridized carbons (Fsp3) is 0.130. The van der Waals surface area contributed by atoms with Crippen LogP contribution in [0.3, 0.4) is 0 Å². The molecular formula is C23H17ClFNO3. The number of carbonyl (C=O) groups is 2. The summed E-state index contributed by atoms with van der Waals surface area (Å²) < 4.78 is 13.2. The first-order valence-electron chi connectivity index (χ1n) is 9.05. The second-order valence-corrected chi connectivity index (χ2v) is 7.44. The molecule has 1 aliphatic rings. The lowest BCUT2D eigenvalue weighted by Crippen LogP contribution is -2.41. The minimum atomic E-state index is -1.96. The molecule has 0 fully saturated rings. The third-order valence-electron chi connectivity index (χ3n) is 5.08. The van der Waals surface area contributed by atoms with E-state index in [2.05, 4.69) is 0 Å². The van der Waals surface area contributed by atoms with E-state index in [1.54, 1.807) is 60.7 Å². The van der Waals surface area contributed by atoms with Crippen molar-refractivity contribution in [3.63, 3.8) is 0 Å². The van der Waals surface area contributed by atoms with Crippen LogP contribution in [0.25, 0.3) is 0 Å². The number of carbonyl (C=O) groups excluding carboxylic acids is 2. The molecule has 0 radical (unpaired) electrons. The molecule has 0 saturated carbocycles. The van der Waals surface area contributed by atoms with Gasteiger partial charge in [-0.25, -0.2) is 4.39 Å². The molecule has 1 heterocycles. The van der Waals surface area contributed by atoms with Gasteiger partial charge in [-0.05, 0) is 48.0 Å². The summed E-state index contributed by atoms with van der Waals surface area (Å²) in [5.41, 5.74) is 0.0310. The van der Waals surface area contributed by atoms with Gasteiger partial charge in [0.25, 0.3) is 5.91 Å². The highest BCUT2D eigenvalue weighted by Gasteiger charge is 2.50. The molecule has 1 atom stereocenters. The van der Waals surface area contributed by atoms with Gasteiger partial charge in [0.1, 0.15) is 5.82 Å². The highest BCUT2D eigenvalue weighted by atomic mass is 35.5. The number of aliphatic hydroxyl groups is 1. The number of fused-ring (bicyclic) bond motifs is 1. The number of rotatable bonds is 5. The average molecular weight is 410 g/mol. The predicted molar refractivity (Wildman–Crippen MR) is 108 cm³/mol. The van der Waals surface area contributed by atoms with E-state index in [1.165, 1.54) is 17.0 Å². The third kappa shape index (κ3) is 3.55. The van der Waals surface area contributed by atoms with Crippen molar-refractivity contribution >= 4 is 29.0 Å². The minimum Gasteiger partial charge on any atom is -0.375 e. The highest BCUT2D eigenvalue weighted by Crippen LogP contribution is 2.43. The highest BCUT2D eigenvalue weighted by molar-refractivity contribution is 6.30. The summed E-state index contributed by atoms with van der Waals surface area (Å²) in [6.45, 7) is 0.160. The molecule has 0 saturated heterocycles. The molecule has 6 heteroatoms. The van der Waals surface area contributed by atoms with E-state index < -0.39 is 11.5 Å². The lowest BCUT2D eigenvalue weighted by atomic mass is 9.88. The number of hydrogen-bond acceptors (Lipinski definition) is 3. The van der Waals surface area contributed by atoms with Crippen LogP contribution < -0.4 is 4.90 Å². The Labute approximate surface area is 172 Å². The topological polar surface area (TPSA) is 57.6 Å². The molecule has 4 nitrogen and oxygen atoms in total. The van der Waals surface area contributed by atoms with Crippen molar-refractivity contribution in [2.75, 3.05) is 4.90 Å². The van der Waals surface area contributed by atoms with Crippen LogP contribution >= 0.6 is 11.6 Å². The van der Waals surface area contributed by atoms with Crippen molar-refractivity contribution in [1.29, 1.82) is 0 Å². The van der Waals surface area contributed by atoms with Gasteiger partial charge in [0.2, 0.25) is 0 Å². The molecule has 3 aromatic carbocycles. The normalized spacial score (nSPS) is 18.0. The molecule has 1 aliphatic heterocycles. The van der Waals surface area contributed by atoms with Crippen molar-refractivity contribution in [2.45, 2.75) is 18.6 Å². The molecule has 0 aromatic heterocycles. The summed E-state index contributed by atoms with van der Waals surface area (Å²) in [6.07, 6.45) is -0.385. The van der Waals surface area contributed by atoms with Crippen LogP contribution in [0.5, 0.6) is 0 Å². The van der Waals surface area contributed by atoms with E-state index in [1.807, 2.05) is 0 Å². The lowest BCUT2D eigenvalue weighted by molar-refractivity contribution is -0.136. The maximum Gasteiger partial charge on any atom is 0.264 e. The Hall–Kier alpha value is -3.02. The zero-order valence-electron chi connectivity index (χ0n) is 15.3. The summed E-state index contributed by atoms with van der Waals surface area (Å²) in [5.74, 6) is -1.31. The zero-order chi connectivity index (χ0) is 20.6. The fourth-order valence-electron chi connectivity index (χ4n) is 3.58. The molecule has 146 valence electrons. The van der Waals surface area contributed by atoms with Crippen LogP contribution in [-0.2, 0) is 16.9 Å². The fourth-order valence-corrected chi connectivity index (χ4v) is 3.70. The van der Waals surface area contributed by atoms with Crippen molar-refractivity contribution in [3.8, 4) is 0 Å². The molecule has 0 bridgehead atoms. The van der Waals surface area contributed by atoms with Gasteiger partial charge >= 0.3 is 0 Å². The van der Waals surface area contributed by atoms with Gasteiger partial charge in [-0.15, -0.1) is 0 Å². The van der Waals surface area contributed by atoms with Crippen molar-refractivity contribution in [2.24, 2.45) is 0 Å². The first-order chi connectivity index (χ1) is 13.9. The van der Waals surface area contributed by atoms with Crippen molar-refractivity contribution in [1.82, 2.24) is 0 Å². The van der Waals surface area contributed by atoms with E-state index >= 15 is 0 Å². The van der Waals surface area contributed by atoms with Crippen LogP contribution in [0.2, 0.25) is 5.02 Å². The zero-order valence-corrected chi connectivity index (χ0v) is 16.1. The number of hydrogen-bond donors (Lipinski definition) is 1. The molecule has 1 amide bonds. The van der Waals surface area contributed by atoms with E-state index in [9.17, 15) is 19.1 Å². The summed E-state index contributed by atoms with van der Waals surface area (Å²) in [5, 5.41) is 11.8. The number of amides is 1. The van der Waals surface area contributed by atoms with Crippen LogP contribution in [0.15, 0.2) is 72.8 Å². The summed E-state index contributed by atoms with van der Waals surface area (Å²) in [7, 11) is 0. The lowest BCUT2D eigenvalue weighted by Gasteiger charge is -2.23. The van der Waals surface area contributed by atoms with Gasteiger partial charge in [0.05, 0.1) is 18.7 Å². The van der Waals surface area contributed by atoms with Crippen LogP contribution in [0.1, 0.15) is 27.9 Å². The van der Waals surface area contributed by atoms with E-state index in [0.29, 0.717) is 27.4 Å². The number of halogens is 2. The monoisotopic (exact) mass is 409 g/mol. The molecule has 0 aliphatic carbocycles. The smallest absolute Gasteiger partial charge is 0.264 e. The summed E-state index contributed by atoms with van der Waals surface area (Å²) >= 11 is 5.87. The summed E-state index contributed by atoms with van der Waals surface area (Å²) in [6, 6.07) is 19.0. The Bertz CT molecular complexity index is 1080. The Morgan fingerprint density at radius 1 is 1.00 bits per heavy atom. The number of benzene rings is 3. The van der Waals surface area contributed by atoms with E-state index in [0.717, 1.165) is 0 Å². The SMILES string of the molecule is O=C(C[C@@]1(O)C(=O)N(Cc2ccc(F)cc2)c2ccccc21)c1ccc(Cl)cc1. The van der Waals surface area contributed by atoms with E-state index in [4.69, 9.17) is 11.6 Å². The Morgan fingerprint density at radius 2 is 1.66 bits per heavy atom. The molecule has 3 aromatic rings. The summed E-state index contributed by atoms with van der Waals surface area (Å²) in [4.78, 5) is 27.4. The Balaban J connectivity index is 1.66. The first-order valence-corrected chi connectivity index (χ1v) is 9.43. The van der Waals surface area contributed by atoms with Gasteiger partial charge in [-0.2, -0.15) is 0 Å². The first kappa shape index (κ1) is 19.3. The van der Waals surface area contributed by atoms with Crippen LogP contribution in [0, 0.1) is 5.82 Å². The van der Waals surface area contributed by atoms with E-state index in [-0.39, 0.29) is 24.6 Å². The number of ketones is 1. The standard InChI is InChI=1S/C23H17ClFNO3/c24-17-9-7-16(8-10-17)21(27)13-23(29)19-3-1-2-4-20(19)26(22(23)28)14-15-5-11-18(25)12-6-15/h1-12,29H,13-14H2/t23-/m0/s1. The largest absolute Gasteiger partial charge is 0.375 e. The Morgan fingerprint density at radius 3 is 2.34 bits per heavy atom. The number of nitrogens with zero attached hydrogens (tertiary/aromatic N) is 1. The van der Waals surface area contributed by atoms with Crippen molar-refractivity contribution in [3.05, 3.63) is 100 Å². The quantitative estimate of drug-likeness (QED) is 0.632. The molecule has 1 N–H and O–H groups in total. The van der Waals surface area contributed by atoms with Crippen LogP contribution in [0.4, 0.5) is 10.1 Å². The van der Waals surface area contributed by atoms with Crippen LogP contribution in [-0.4, -0.2) is 16.8 Å².